The van der Waals surface area contributed by atoms with Crippen LogP contribution >= 0.6 is 0 Å². The predicted octanol–water partition coefficient (Wildman–Crippen LogP) is 3.75. The fourth-order valence-electron chi connectivity index (χ4n) is 5.20. The molecular formula is C16H23NO. The lowest BCUT2D eigenvalue weighted by molar-refractivity contribution is 0.200. The zero-order valence-corrected chi connectivity index (χ0v) is 11.1. The second-order valence-electron chi connectivity index (χ2n) is 6.71. The number of furan rings is 1. The molecule has 4 rings (SSSR count). The lowest BCUT2D eigenvalue weighted by atomic mass is 9.79. The van der Waals surface area contributed by atoms with Crippen molar-refractivity contribution in [2.45, 2.75) is 51.1 Å². The predicted molar refractivity (Wildman–Crippen MR) is 71.1 cm³/mol. The van der Waals surface area contributed by atoms with E-state index in [0.717, 1.165) is 29.7 Å². The van der Waals surface area contributed by atoms with Crippen LogP contribution in [-0.4, -0.2) is 6.04 Å². The molecule has 1 heterocycles. The molecule has 0 aliphatic heterocycles. The first-order valence-electron chi connectivity index (χ1n) is 7.61. The van der Waals surface area contributed by atoms with Gasteiger partial charge in [0.1, 0.15) is 0 Å². The fourth-order valence-corrected chi connectivity index (χ4v) is 5.20. The first-order valence-corrected chi connectivity index (χ1v) is 7.61. The lowest BCUT2D eigenvalue weighted by Gasteiger charge is -2.33. The van der Waals surface area contributed by atoms with Gasteiger partial charge in [-0.3, -0.25) is 0 Å². The molecule has 0 amide bonds. The lowest BCUT2D eigenvalue weighted by Crippen LogP contribution is -2.40. The molecule has 18 heavy (non-hydrogen) atoms. The summed E-state index contributed by atoms with van der Waals surface area (Å²) in [7, 11) is 0. The Hall–Kier alpha value is -0.760. The van der Waals surface area contributed by atoms with Gasteiger partial charge in [0, 0.05) is 17.6 Å². The van der Waals surface area contributed by atoms with Gasteiger partial charge in [-0.25, -0.2) is 0 Å². The molecule has 1 aromatic heterocycles. The van der Waals surface area contributed by atoms with Crippen LogP contribution in [0, 0.1) is 23.7 Å². The van der Waals surface area contributed by atoms with Gasteiger partial charge in [-0.1, -0.05) is 6.42 Å². The van der Waals surface area contributed by atoms with Gasteiger partial charge in [0.25, 0.3) is 0 Å². The van der Waals surface area contributed by atoms with E-state index in [2.05, 4.69) is 18.3 Å². The summed E-state index contributed by atoms with van der Waals surface area (Å²) in [6, 6.07) is 3.29. The monoisotopic (exact) mass is 245 g/mol. The topological polar surface area (TPSA) is 25.2 Å². The average Bonchev–Trinajstić information content (AvgIpc) is 3.11. The van der Waals surface area contributed by atoms with Crippen molar-refractivity contribution in [3.63, 3.8) is 0 Å². The number of rotatable bonds is 3. The Kier molecular flexibility index (Phi) is 2.54. The molecule has 1 N–H and O–H groups in total. The second kappa shape index (κ2) is 4.12. The van der Waals surface area contributed by atoms with Gasteiger partial charge >= 0.3 is 0 Å². The quantitative estimate of drug-likeness (QED) is 0.877. The molecule has 0 saturated heterocycles. The summed E-state index contributed by atoms with van der Waals surface area (Å²) in [5, 5.41) is 3.87. The highest BCUT2D eigenvalue weighted by molar-refractivity contribution is 5.12. The minimum Gasteiger partial charge on any atom is -0.472 e. The first kappa shape index (κ1) is 11.1. The normalized spacial score (nSPS) is 43.3. The van der Waals surface area contributed by atoms with Gasteiger partial charge < -0.3 is 9.73 Å². The maximum atomic E-state index is 5.19. The van der Waals surface area contributed by atoms with Gasteiger partial charge in [0.15, 0.2) is 0 Å². The van der Waals surface area contributed by atoms with Gasteiger partial charge in [-0.2, -0.15) is 0 Å². The number of hydrogen-bond donors (Lipinski definition) is 1. The zero-order valence-electron chi connectivity index (χ0n) is 11.1. The van der Waals surface area contributed by atoms with E-state index >= 15 is 0 Å². The van der Waals surface area contributed by atoms with Crippen LogP contribution in [-0.2, 0) is 0 Å². The smallest absolute Gasteiger partial charge is 0.0950 e. The van der Waals surface area contributed by atoms with Crippen molar-refractivity contribution in [3.05, 3.63) is 24.2 Å². The molecule has 6 unspecified atom stereocenters. The summed E-state index contributed by atoms with van der Waals surface area (Å²) in [5.74, 6) is 4.16. The van der Waals surface area contributed by atoms with E-state index in [1.165, 1.54) is 37.7 Å². The SMILES string of the molecule is CC(NC1CC2CC1C1CCCC21)c1ccoc1. The highest BCUT2D eigenvalue weighted by Gasteiger charge is 2.53. The Bertz CT molecular complexity index is 413. The molecule has 3 aliphatic rings. The summed E-state index contributed by atoms with van der Waals surface area (Å²) in [6.45, 7) is 2.27. The molecule has 0 radical (unpaired) electrons. The van der Waals surface area contributed by atoms with Gasteiger partial charge in [0.2, 0.25) is 0 Å². The Balaban J connectivity index is 1.45. The van der Waals surface area contributed by atoms with Crippen LogP contribution in [0.25, 0.3) is 0 Å². The third-order valence-electron chi connectivity index (χ3n) is 5.94. The van der Waals surface area contributed by atoms with E-state index in [0.29, 0.717) is 6.04 Å². The average molecular weight is 245 g/mol. The van der Waals surface area contributed by atoms with Crippen molar-refractivity contribution >= 4 is 0 Å². The molecule has 0 aromatic carbocycles. The van der Waals surface area contributed by atoms with E-state index in [1.54, 1.807) is 6.26 Å². The Morgan fingerprint density at radius 1 is 1.22 bits per heavy atom. The van der Waals surface area contributed by atoms with Crippen LogP contribution in [0.1, 0.15) is 50.6 Å². The molecule has 2 nitrogen and oxygen atoms in total. The van der Waals surface area contributed by atoms with E-state index in [4.69, 9.17) is 4.42 Å². The number of hydrogen-bond acceptors (Lipinski definition) is 2. The summed E-state index contributed by atoms with van der Waals surface area (Å²) in [6.07, 6.45) is 11.1. The zero-order chi connectivity index (χ0) is 12.1. The maximum Gasteiger partial charge on any atom is 0.0950 e. The maximum absolute atomic E-state index is 5.19. The van der Waals surface area contributed by atoms with Crippen molar-refractivity contribution < 1.29 is 4.42 Å². The Labute approximate surface area is 109 Å². The Morgan fingerprint density at radius 2 is 2.11 bits per heavy atom. The molecule has 3 aliphatic carbocycles. The van der Waals surface area contributed by atoms with Crippen molar-refractivity contribution in [2.75, 3.05) is 0 Å². The van der Waals surface area contributed by atoms with Crippen molar-refractivity contribution in [1.82, 2.24) is 5.32 Å². The van der Waals surface area contributed by atoms with E-state index < -0.39 is 0 Å². The molecule has 98 valence electrons. The second-order valence-corrected chi connectivity index (χ2v) is 6.71. The van der Waals surface area contributed by atoms with Crippen LogP contribution in [0.3, 0.4) is 0 Å². The molecule has 2 heteroatoms. The largest absolute Gasteiger partial charge is 0.472 e. The summed E-state index contributed by atoms with van der Waals surface area (Å²) in [5.41, 5.74) is 1.29. The van der Waals surface area contributed by atoms with Crippen molar-refractivity contribution in [1.29, 1.82) is 0 Å². The van der Waals surface area contributed by atoms with Crippen LogP contribution in [0.2, 0.25) is 0 Å². The minimum absolute atomic E-state index is 0.438. The number of fused-ring (bicyclic) bond motifs is 5. The number of nitrogens with one attached hydrogen (secondary N) is 1. The fraction of sp³-hybridized carbons (Fsp3) is 0.750. The third kappa shape index (κ3) is 1.58. The minimum atomic E-state index is 0.438. The van der Waals surface area contributed by atoms with Crippen molar-refractivity contribution in [2.24, 2.45) is 23.7 Å². The molecule has 3 fully saturated rings. The summed E-state index contributed by atoms with van der Waals surface area (Å²) < 4.78 is 5.19. The molecule has 6 atom stereocenters. The van der Waals surface area contributed by atoms with Gasteiger partial charge in [-0.15, -0.1) is 0 Å². The molecule has 2 bridgehead atoms. The van der Waals surface area contributed by atoms with Crippen LogP contribution < -0.4 is 5.32 Å². The molecule has 1 aromatic rings. The highest BCUT2D eigenvalue weighted by Crippen LogP contribution is 2.58. The van der Waals surface area contributed by atoms with E-state index in [-0.39, 0.29) is 0 Å². The van der Waals surface area contributed by atoms with Crippen LogP contribution in [0.4, 0.5) is 0 Å². The van der Waals surface area contributed by atoms with Gasteiger partial charge in [0.05, 0.1) is 12.5 Å². The van der Waals surface area contributed by atoms with Crippen LogP contribution in [0.15, 0.2) is 23.0 Å². The Morgan fingerprint density at radius 3 is 2.94 bits per heavy atom. The molecule has 3 saturated carbocycles. The summed E-state index contributed by atoms with van der Waals surface area (Å²) >= 11 is 0. The molecule has 0 spiro atoms. The molecular weight excluding hydrogens is 222 g/mol. The standard InChI is InChI=1S/C16H23NO/c1-10(11-5-6-18-9-11)17-16-8-12-7-15(16)14-4-2-3-13(12)14/h5-6,9-10,12-17H,2-4,7-8H2,1H3. The van der Waals surface area contributed by atoms with Gasteiger partial charge in [-0.05, 0) is 62.3 Å². The van der Waals surface area contributed by atoms with Crippen molar-refractivity contribution in [3.8, 4) is 0 Å². The van der Waals surface area contributed by atoms with E-state index in [9.17, 15) is 0 Å². The van der Waals surface area contributed by atoms with E-state index in [1.807, 2.05) is 6.26 Å². The first-order chi connectivity index (χ1) is 8.83. The third-order valence-corrected chi connectivity index (χ3v) is 5.94. The highest BCUT2D eigenvalue weighted by atomic mass is 16.3. The van der Waals surface area contributed by atoms with Crippen LogP contribution in [0.5, 0.6) is 0 Å². The summed E-state index contributed by atoms with van der Waals surface area (Å²) in [4.78, 5) is 0.